The van der Waals surface area contributed by atoms with Crippen LogP contribution in [0.2, 0.25) is 0 Å². The van der Waals surface area contributed by atoms with E-state index in [2.05, 4.69) is 5.10 Å². The molecular weight excluding hydrogens is 326 g/mol. The molecule has 1 amide bonds. The Hall–Kier alpha value is -2.15. The molecule has 0 spiro atoms. The smallest absolute Gasteiger partial charge is 0.254 e. The fourth-order valence-electron chi connectivity index (χ4n) is 3.05. The Morgan fingerprint density at radius 3 is 2.67 bits per heavy atom. The predicted octanol–water partition coefficient (Wildman–Crippen LogP) is 1.98. The number of benzene rings is 1. The largest absolute Gasteiger partial charge is 0.334 e. The summed E-state index contributed by atoms with van der Waals surface area (Å²) in [5, 5.41) is 4.21. The lowest BCUT2D eigenvalue weighted by Crippen LogP contribution is -2.38. The van der Waals surface area contributed by atoms with Crippen LogP contribution in [0.4, 0.5) is 0 Å². The molecule has 7 heteroatoms. The average Bonchev–Trinajstić information content (AvgIpc) is 3.27. The van der Waals surface area contributed by atoms with Crippen molar-refractivity contribution in [2.45, 2.75) is 37.2 Å². The van der Waals surface area contributed by atoms with Gasteiger partial charge in [0, 0.05) is 24.5 Å². The van der Waals surface area contributed by atoms with Gasteiger partial charge in [-0.3, -0.25) is 9.48 Å². The van der Waals surface area contributed by atoms with Crippen molar-refractivity contribution in [2.24, 2.45) is 0 Å². The van der Waals surface area contributed by atoms with E-state index < -0.39 is 9.84 Å². The molecular formula is C17H21N3O3S. The predicted molar refractivity (Wildman–Crippen MR) is 90.5 cm³/mol. The molecule has 0 saturated carbocycles. The molecule has 0 unspecified atom stereocenters. The number of nitrogens with zero attached hydrogens (tertiary/aromatic N) is 3. The Kier molecular flexibility index (Phi) is 4.71. The fraction of sp³-hybridized carbons (Fsp3) is 0.412. The van der Waals surface area contributed by atoms with Crippen molar-refractivity contribution in [1.29, 1.82) is 0 Å². The van der Waals surface area contributed by atoms with E-state index in [-0.39, 0.29) is 22.6 Å². The zero-order chi connectivity index (χ0) is 17.2. The fourth-order valence-corrected chi connectivity index (χ4v) is 3.94. The van der Waals surface area contributed by atoms with Crippen LogP contribution < -0.4 is 0 Å². The third-order valence-electron chi connectivity index (χ3n) is 4.44. The number of rotatable bonds is 5. The first kappa shape index (κ1) is 16.7. The van der Waals surface area contributed by atoms with Gasteiger partial charge in [-0.05, 0) is 43.2 Å². The first-order valence-electron chi connectivity index (χ1n) is 8.12. The summed E-state index contributed by atoms with van der Waals surface area (Å²) in [7, 11) is -3.24. The van der Waals surface area contributed by atoms with Gasteiger partial charge in [0.2, 0.25) is 0 Å². The number of sulfone groups is 1. The monoisotopic (exact) mass is 347 g/mol. The Morgan fingerprint density at radius 2 is 2.04 bits per heavy atom. The lowest BCUT2D eigenvalue weighted by atomic mass is 10.1. The van der Waals surface area contributed by atoms with E-state index in [1.54, 1.807) is 25.3 Å². The lowest BCUT2D eigenvalue weighted by Gasteiger charge is -2.25. The lowest BCUT2D eigenvalue weighted by molar-refractivity contribution is 0.0721. The molecule has 1 fully saturated rings. The van der Waals surface area contributed by atoms with Crippen molar-refractivity contribution in [1.82, 2.24) is 14.7 Å². The SMILES string of the molecule is CCS(=O)(=O)c1ccc(C(=O)N2CCC[C@@H]2Cn2cccn2)cc1. The third kappa shape index (κ3) is 3.36. The van der Waals surface area contributed by atoms with Crippen molar-refractivity contribution in [3.05, 3.63) is 48.3 Å². The summed E-state index contributed by atoms with van der Waals surface area (Å²) in [6, 6.07) is 8.24. The van der Waals surface area contributed by atoms with Crippen LogP contribution in [0.3, 0.4) is 0 Å². The number of carbonyl (C=O) groups is 1. The van der Waals surface area contributed by atoms with Crippen LogP contribution in [0.1, 0.15) is 30.1 Å². The number of hydrogen-bond acceptors (Lipinski definition) is 4. The van der Waals surface area contributed by atoms with E-state index >= 15 is 0 Å². The molecule has 1 aromatic carbocycles. The van der Waals surface area contributed by atoms with Gasteiger partial charge in [0.1, 0.15) is 0 Å². The van der Waals surface area contributed by atoms with E-state index in [4.69, 9.17) is 0 Å². The maximum atomic E-state index is 12.8. The number of likely N-dealkylation sites (tertiary alicyclic amines) is 1. The highest BCUT2D eigenvalue weighted by atomic mass is 32.2. The molecule has 6 nitrogen and oxygen atoms in total. The molecule has 24 heavy (non-hydrogen) atoms. The van der Waals surface area contributed by atoms with Gasteiger partial charge < -0.3 is 4.90 Å². The van der Waals surface area contributed by atoms with Gasteiger partial charge >= 0.3 is 0 Å². The van der Waals surface area contributed by atoms with Crippen LogP contribution in [0, 0.1) is 0 Å². The highest BCUT2D eigenvalue weighted by Crippen LogP contribution is 2.22. The molecule has 0 bridgehead atoms. The van der Waals surface area contributed by atoms with E-state index in [0.29, 0.717) is 12.1 Å². The van der Waals surface area contributed by atoms with Crippen molar-refractivity contribution in [2.75, 3.05) is 12.3 Å². The zero-order valence-corrected chi connectivity index (χ0v) is 14.4. The molecule has 1 aliphatic rings. The normalized spacial score (nSPS) is 18.0. The van der Waals surface area contributed by atoms with Crippen LogP contribution in [-0.4, -0.2) is 47.3 Å². The third-order valence-corrected chi connectivity index (χ3v) is 6.19. The van der Waals surface area contributed by atoms with Crippen LogP contribution in [0.25, 0.3) is 0 Å². The number of amides is 1. The van der Waals surface area contributed by atoms with Crippen LogP contribution in [-0.2, 0) is 16.4 Å². The van der Waals surface area contributed by atoms with Crippen LogP contribution >= 0.6 is 0 Å². The summed E-state index contributed by atoms with van der Waals surface area (Å²) in [5.74, 6) is 0.00310. The molecule has 0 aliphatic carbocycles. The maximum Gasteiger partial charge on any atom is 0.254 e. The molecule has 128 valence electrons. The Labute approximate surface area is 142 Å². The second-order valence-electron chi connectivity index (χ2n) is 5.95. The summed E-state index contributed by atoms with van der Waals surface area (Å²) in [6.07, 6.45) is 5.55. The quantitative estimate of drug-likeness (QED) is 0.829. The first-order valence-corrected chi connectivity index (χ1v) is 9.77. The Bertz CT molecular complexity index is 798. The van der Waals surface area contributed by atoms with Gasteiger partial charge in [-0.1, -0.05) is 6.92 Å². The molecule has 2 heterocycles. The van der Waals surface area contributed by atoms with Crippen LogP contribution in [0.15, 0.2) is 47.6 Å². The average molecular weight is 347 g/mol. The first-order chi connectivity index (χ1) is 11.5. The Morgan fingerprint density at radius 1 is 1.29 bits per heavy atom. The number of carbonyl (C=O) groups excluding carboxylic acids is 1. The highest BCUT2D eigenvalue weighted by molar-refractivity contribution is 7.91. The summed E-state index contributed by atoms with van der Waals surface area (Å²) < 4.78 is 25.6. The second kappa shape index (κ2) is 6.76. The topological polar surface area (TPSA) is 72.3 Å². The summed E-state index contributed by atoms with van der Waals surface area (Å²) in [6.45, 7) is 3.01. The summed E-state index contributed by atoms with van der Waals surface area (Å²) in [4.78, 5) is 14.9. The number of aromatic nitrogens is 2. The van der Waals surface area contributed by atoms with Gasteiger partial charge in [0.15, 0.2) is 9.84 Å². The maximum absolute atomic E-state index is 12.8. The molecule has 1 aromatic heterocycles. The summed E-state index contributed by atoms with van der Waals surface area (Å²) in [5.41, 5.74) is 0.525. The molecule has 1 saturated heterocycles. The molecule has 1 aliphatic heterocycles. The minimum atomic E-state index is -3.24. The van der Waals surface area contributed by atoms with Crippen molar-refractivity contribution < 1.29 is 13.2 Å². The molecule has 0 radical (unpaired) electrons. The highest BCUT2D eigenvalue weighted by Gasteiger charge is 2.29. The Balaban J connectivity index is 1.75. The van der Waals surface area contributed by atoms with Crippen molar-refractivity contribution >= 4 is 15.7 Å². The number of hydrogen-bond donors (Lipinski definition) is 0. The van der Waals surface area contributed by atoms with Crippen LogP contribution in [0.5, 0.6) is 0 Å². The van der Waals surface area contributed by atoms with E-state index in [1.165, 1.54) is 12.1 Å². The van der Waals surface area contributed by atoms with E-state index in [1.807, 2.05) is 21.8 Å². The van der Waals surface area contributed by atoms with Gasteiger partial charge in [-0.2, -0.15) is 5.10 Å². The summed E-state index contributed by atoms with van der Waals surface area (Å²) >= 11 is 0. The minimum absolute atomic E-state index is 0.0508. The minimum Gasteiger partial charge on any atom is -0.334 e. The molecule has 1 atom stereocenters. The van der Waals surface area contributed by atoms with E-state index in [9.17, 15) is 13.2 Å². The van der Waals surface area contributed by atoms with Gasteiger partial charge in [0.25, 0.3) is 5.91 Å². The van der Waals surface area contributed by atoms with Crippen molar-refractivity contribution in [3.8, 4) is 0 Å². The zero-order valence-electron chi connectivity index (χ0n) is 13.6. The standard InChI is InChI=1S/C17H21N3O3S/c1-2-24(22,23)16-8-6-14(7-9-16)17(21)20-12-3-5-15(20)13-19-11-4-10-18-19/h4,6-11,15H,2-3,5,12-13H2,1H3/t15-/m1/s1. The van der Waals surface area contributed by atoms with Gasteiger partial charge in [-0.15, -0.1) is 0 Å². The second-order valence-corrected chi connectivity index (χ2v) is 8.23. The van der Waals surface area contributed by atoms with E-state index in [0.717, 1.165) is 19.4 Å². The molecule has 0 N–H and O–H groups in total. The van der Waals surface area contributed by atoms with Crippen molar-refractivity contribution in [3.63, 3.8) is 0 Å². The molecule has 3 rings (SSSR count). The van der Waals surface area contributed by atoms with Gasteiger partial charge in [0.05, 0.1) is 23.2 Å². The molecule has 2 aromatic rings. The van der Waals surface area contributed by atoms with Gasteiger partial charge in [-0.25, -0.2) is 8.42 Å².